The van der Waals surface area contributed by atoms with E-state index in [1.807, 2.05) is 24.3 Å². The number of rotatable bonds is 3. The lowest BCUT2D eigenvalue weighted by Gasteiger charge is -2.47. The van der Waals surface area contributed by atoms with Crippen molar-refractivity contribution in [3.63, 3.8) is 0 Å². The van der Waals surface area contributed by atoms with Crippen LogP contribution >= 0.6 is 0 Å². The molecule has 1 aromatic carbocycles. The molecule has 1 saturated heterocycles. The Morgan fingerprint density at radius 2 is 2.05 bits per heavy atom. The van der Waals surface area contributed by atoms with Crippen LogP contribution in [-0.2, 0) is 0 Å². The van der Waals surface area contributed by atoms with Crippen LogP contribution in [0.3, 0.4) is 0 Å². The third-order valence-electron chi connectivity index (χ3n) is 3.76. The van der Waals surface area contributed by atoms with Gasteiger partial charge in [0.25, 0.3) is 0 Å². The third kappa shape index (κ3) is 2.96. The van der Waals surface area contributed by atoms with E-state index in [1.165, 1.54) is 0 Å². The van der Waals surface area contributed by atoms with Gasteiger partial charge in [0.2, 0.25) is 0 Å². The second-order valence-corrected chi connectivity index (χ2v) is 5.79. The van der Waals surface area contributed by atoms with Crippen LogP contribution in [0.15, 0.2) is 24.3 Å². The number of anilines is 1. The Morgan fingerprint density at radius 3 is 2.58 bits per heavy atom. The number of Topliss-reactive ketones (excluding diaryl/α,β-unsaturated/α-hetero) is 1. The van der Waals surface area contributed by atoms with E-state index in [1.54, 1.807) is 6.92 Å². The predicted molar refractivity (Wildman–Crippen MR) is 76.7 cm³/mol. The average molecular weight is 262 g/mol. The molecule has 0 aromatic heterocycles. The fourth-order valence-corrected chi connectivity index (χ4v) is 2.47. The number of nitrogens with one attached hydrogen (secondary N) is 1. The van der Waals surface area contributed by atoms with Crippen LogP contribution in [0.1, 0.15) is 31.1 Å². The van der Waals surface area contributed by atoms with Crippen molar-refractivity contribution < 1.29 is 9.90 Å². The molecule has 4 heteroatoms. The zero-order chi connectivity index (χ0) is 14.0. The van der Waals surface area contributed by atoms with Gasteiger partial charge < -0.3 is 15.3 Å². The zero-order valence-electron chi connectivity index (χ0n) is 11.8. The van der Waals surface area contributed by atoms with E-state index in [4.69, 9.17) is 0 Å². The average Bonchev–Trinajstić information content (AvgIpc) is 2.39. The topological polar surface area (TPSA) is 52.6 Å². The zero-order valence-corrected chi connectivity index (χ0v) is 11.8. The van der Waals surface area contributed by atoms with Gasteiger partial charge >= 0.3 is 0 Å². The molecule has 0 bridgehead atoms. The first-order valence-corrected chi connectivity index (χ1v) is 6.67. The minimum absolute atomic E-state index is 0.0105. The number of ketones is 1. The molecule has 2 rings (SSSR count). The molecule has 1 aromatic rings. The highest BCUT2D eigenvalue weighted by Crippen LogP contribution is 2.27. The molecule has 4 nitrogen and oxygen atoms in total. The standard InChI is InChI=1S/C15H22N2O2/c1-11(19)12-4-6-14(7-5-12)17-8-13(9-18)16-10-15(17,2)3/h4-7,13,16,18H,8-10H2,1-3H3. The third-order valence-corrected chi connectivity index (χ3v) is 3.76. The summed E-state index contributed by atoms with van der Waals surface area (Å²) < 4.78 is 0. The highest BCUT2D eigenvalue weighted by atomic mass is 16.3. The molecule has 1 fully saturated rings. The summed E-state index contributed by atoms with van der Waals surface area (Å²) in [4.78, 5) is 13.6. The molecule has 2 N–H and O–H groups in total. The van der Waals surface area contributed by atoms with Gasteiger partial charge in [-0.1, -0.05) is 0 Å². The van der Waals surface area contributed by atoms with E-state index in [9.17, 15) is 9.90 Å². The van der Waals surface area contributed by atoms with Crippen LogP contribution in [0.2, 0.25) is 0 Å². The Hall–Kier alpha value is -1.39. The Morgan fingerprint density at radius 1 is 1.42 bits per heavy atom. The molecule has 0 aliphatic carbocycles. The van der Waals surface area contributed by atoms with Crippen LogP contribution in [0, 0.1) is 0 Å². The van der Waals surface area contributed by atoms with Gasteiger partial charge in [-0.05, 0) is 45.0 Å². The van der Waals surface area contributed by atoms with E-state index in [0.717, 1.165) is 24.3 Å². The molecule has 0 radical (unpaired) electrons. The maximum absolute atomic E-state index is 11.3. The Bertz CT molecular complexity index is 454. The van der Waals surface area contributed by atoms with Crippen LogP contribution in [0.4, 0.5) is 5.69 Å². The summed E-state index contributed by atoms with van der Waals surface area (Å²) in [7, 11) is 0. The maximum Gasteiger partial charge on any atom is 0.159 e. The normalized spacial score (nSPS) is 22.3. The Kier molecular flexibility index (Phi) is 3.92. The minimum Gasteiger partial charge on any atom is -0.395 e. The molecule has 1 aliphatic rings. The monoisotopic (exact) mass is 262 g/mol. The molecule has 1 heterocycles. The highest BCUT2D eigenvalue weighted by Gasteiger charge is 2.33. The number of carbonyl (C=O) groups excluding carboxylic acids is 1. The summed E-state index contributed by atoms with van der Waals surface area (Å²) in [5.41, 5.74) is 1.81. The summed E-state index contributed by atoms with van der Waals surface area (Å²) >= 11 is 0. The van der Waals surface area contributed by atoms with E-state index in [-0.39, 0.29) is 24.0 Å². The lowest BCUT2D eigenvalue weighted by molar-refractivity contribution is 0.101. The molecule has 1 atom stereocenters. The first-order valence-electron chi connectivity index (χ1n) is 6.67. The van der Waals surface area contributed by atoms with Gasteiger partial charge in [0, 0.05) is 35.9 Å². The molecule has 1 unspecified atom stereocenters. The van der Waals surface area contributed by atoms with Gasteiger partial charge in [0.15, 0.2) is 5.78 Å². The number of aliphatic hydroxyl groups excluding tert-OH is 1. The van der Waals surface area contributed by atoms with Crippen molar-refractivity contribution in [2.75, 3.05) is 24.6 Å². The smallest absolute Gasteiger partial charge is 0.159 e. The lowest BCUT2D eigenvalue weighted by Crippen LogP contribution is -2.63. The summed E-state index contributed by atoms with van der Waals surface area (Å²) in [6, 6.07) is 7.80. The summed E-state index contributed by atoms with van der Waals surface area (Å²) in [6.07, 6.45) is 0. The maximum atomic E-state index is 11.3. The van der Waals surface area contributed by atoms with Crippen LogP contribution in [0.5, 0.6) is 0 Å². The van der Waals surface area contributed by atoms with Crippen LogP contribution in [0.25, 0.3) is 0 Å². The van der Waals surface area contributed by atoms with Crippen molar-refractivity contribution in [3.8, 4) is 0 Å². The predicted octanol–water partition coefficient (Wildman–Crippen LogP) is 1.44. The summed E-state index contributed by atoms with van der Waals surface area (Å²) in [5, 5.41) is 12.7. The van der Waals surface area contributed by atoms with E-state index in [2.05, 4.69) is 24.1 Å². The van der Waals surface area contributed by atoms with Gasteiger partial charge in [0.05, 0.1) is 6.61 Å². The van der Waals surface area contributed by atoms with Crippen LogP contribution in [-0.4, -0.2) is 42.2 Å². The molecular weight excluding hydrogens is 240 g/mol. The molecule has 0 saturated carbocycles. The largest absolute Gasteiger partial charge is 0.395 e. The molecule has 0 spiro atoms. The highest BCUT2D eigenvalue weighted by molar-refractivity contribution is 5.94. The van der Waals surface area contributed by atoms with E-state index >= 15 is 0 Å². The molecule has 104 valence electrons. The summed E-state index contributed by atoms with van der Waals surface area (Å²) in [5.74, 6) is 0.0827. The quantitative estimate of drug-likeness (QED) is 0.809. The van der Waals surface area contributed by atoms with Gasteiger partial charge in [0.1, 0.15) is 0 Å². The van der Waals surface area contributed by atoms with Gasteiger partial charge in [-0.15, -0.1) is 0 Å². The van der Waals surface area contributed by atoms with E-state index < -0.39 is 0 Å². The van der Waals surface area contributed by atoms with Gasteiger partial charge in [-0.25, -0.2) is 0 Å². The molecule has 19 heavy (non-hydrogen) atoms. The number of benzene rings is 1. The van der Waals surface area contributed by atoms with Crippen molar-refractivity contribution >= 4 is 11.5 Å². The number of piperazine rings is 1. The van der Waals surface area contributed by atoms with Gasteiger partial charge in [-0.3, -0.25) is 4.79 Å². The van der Waals surface area contributed by atoms with Crippen molar-refractivity contribution in [1.29, 1.82) is 0 Å². The van der Waals surface area contributed by atoms with Crippen molar-refractivity contribution in [1.82, 2.24) is 5.32 Å². The van der Waals surface area contributed by atoms with Gasteiger partial charge in [-0.2, -0.15) is 0 Å². The fourth-order valence-electron chi connectivity index (χ4n) is 2.47. The summed E-state index contributed by atoms with van der Waals surface area (Å²) in [6.45, 7) is 7.65. The Labute approximate surface area is 114 Å². The second-order valence-electron chi connectivity index (χ2n) is 5.79. The Balaban J connectivity index is 2.24. The molecule has 0 amide bonds. The number of carbonyl (C=O) groups is 1. The van der Waals surface area contributed by atoms with E-state index in [0.29, 0.717) is 0 Å². The SMILES string of the molecule is CC(=O)c1ccc(N2CC(CO)NCC2(C)C)cc1. The molecule has 1 aliphatic heterocycles. The fraction of sp³-hybridized carbons (Fsp3) is 0.533. The first kappa shape index (κ1) is 14.0. The number of hydrogen-bond donors (Lipinski definition) is 2. The van der Waals surface area contributed by atoms with Crippen molar-refractivity contribution in [2.24, 2.45) is 0 Å². The molecular formula is C15H22N2O2. The number of nitrogens with zero attached hydrogens (tertiary/aromatic N) is 1. The lowest BCUT2D eigenvalue weighted by atomic mass is 9.96. The second kappa shape index (κ2) is 5.31. The number of aliphatic hydroxyl groups is 1. The van der Waals surface area contributed by atoms with Crippen molar-refractivity contribution in [2.45, 2.75) is 32.4 Å². The van der Waals surface area contributed by atoms with Crippen molar-refractivity contribution in [3.05, 3.63) is 29.8 Å². The minimum atomic E-state index is -0.0105. The number of hydrogen-bond acceptors (Lipinski definition) is 4. The first-order chi connectivity index (χ1) is 8.94. The van der Waals surface area contributed by atoms with Crippen LogP contribution < -0.4 is 10.2 Å².